The van der Waals surface area contributed by atoms with Gasteiger partial charge in [0, 0.05) is 16.3 Å². The summed E-state index contributed by atoms with van der Waals surface area (Å²) in [5, 5.41) is 0. The average Bonchev–Trinajstić information content (AvgIpc) is 2.53. The van der Waals surface area contributed by atoms with Gasteiger partial charge in [-0.15, -0.1) is 0 Å². The lowest BCUT2D eigenvalue weighted by Gasteiger charge is -2.18. The van der Waals surface area contributed by atoms with Crippen LogP contribution in [0.2, 0.25) is 19.6 Å². The third-order valence-electron chi connectivity index (χ3n) is 3.15. The van der Waals surface area contributed by atoms with E-state index in [2.05, 4.69) is 27.5 Å². The smallest absolute Gasteiger partial charge is 0.416 e. The van der Waals surface area contributed by atoms with E-state index >= 15 is 0 Å². The zero-order chi connectivity index (χ0) is 20.2. The number of benzene rings is 2. The van der Waals surface area contributed by atoms with Crippen molar-refractivity contribution in [2.75, 3.05) is 0 Å². The van der Waals surface area contributed by atoms with E-state index in [1.807, 2.05) is 19.6 Å². The van der Waals surface area contributed by atoms with E-state index in [1.54, 1.807) is 24.4 Å². The fourth-order valence-corrected chi connectivity index (χ4v) is 3.21. The minimum absolute atomic E-state index is 0.289. The Bertz CT molecular complexity index is 844. The standard InChI is InChI=1S/C19H19BrF3NO2Si/c1-13(26-27(2,3)4)24-12-14-11-16(20)7-10-18(14)25-17-8-5-15(6-9-17)19(21,22)23/h5-12H,1H2,2-4H3. The molecule has 0 heterocycles. The number of hydrogen-bond acceptors (Lipinski definition) is 3. The van der Waals surface area contributed by atoms with Crippen molar-refractivity contribution in [2.45, 2.75) is 25.8 Å². The van der Waals surface area contributed by atoms with Gasteiger partial charge in [0.1, 0.15) is 11.5 Å². The van der Waals surface area contributed by atoms with Crippen molar-refractivity contribution in [3.63, 3.8) is 0 Å². The molecule has 0 aliphatic heterocycles. The van der Waals surface area contributed by atoms with E-state index in [4.69, 9.17) is 9.16 Å². The summed E-state index contributed by atoms with van der Waals surface area (Å²) in [7, 11) is -1.81. The molecule has 3 nitrogen and oxygen atoms in total. The Morgan fingerprint density at radius 2 is 1.74 bits per heavy atom. The van der Waals surface area contributed by atoms with Gasteiger partial charge in [0.15, 0.2) is 5.88 Å². The van der Waals surface area contributed by atoms with Crippen LogP contribution >= 0.6 is 15.9 Å². The van der Waals surface area contributed by atoms with E-state index in [-0.39, 0.29) is 5.75 Å². The van der Waals surface area contributed by atoms with Crippen molar-refractivity contribution in [2.24, 2.45) is 4.99 Å². The van der Waals surface area contributed by atoms with Gasteiger partial charge in [-0.1, -0.05) is 15.9 Å². The molecule has 0 saturated heterocycles. The molecule has 2 aromatic carbocycles. The van der Waals surface area contributed by atoms with Gasteiger partial charge in [-0.3, -0.25) is 0 Å². The molecule has 2 aromatic rings. The molecular weight excluding hydrogens is 439 g/mol. The zero-order valence-electron chi connectivity index (χ0n) is 15.1. The van der Waals surface area contributed by atoms with Crippen LogP contribution in [0.1, 0.15) is 11.1 Å². The summed E-state index contributed by atoms with van der Waals surface area (Å²) in [5.74, 6) is 1.04. The van der Waals surface area contributed by atoms with Gasteiger partial charge in [-0.2, -0.15) is 13.2 Å². The molecule has 0 saturated carbocycles. The molecule has 0 bridgehead atoms. The Balaban J connectivity index is 2.22. The summed E-state index contributed by atoms with van der Waals surface area (Å²) in [5.41, 5.74) is -0.100. The summed E-state index contributed by atoms with van der Waals surface area (Å²) in [4.78, 5) is 4.21. The van der Waals surface area contributed by atoms with E-state index in [1.165, 1.54) is 12.1 Å². The maximum atomic E-state index is 12.7. The number of aliphatic imine (C=N–C) groups is 1. The molecule has 0 aliphatic carbocycles. The van der Waals surface area contributed by atoms with Gasteiger partial charge in [-0.25, -0.2) is 4.99 Å². The first-order chi connectivity index (χ1) is 12.4. The van der Waals surface area contributed by atoms with E-state index in [0.29, 0.717) is 17.2 Å². The predicted octanol–water partition coefficient (Wildman–Crippen LogP) is 7.00. The molecule has 0 spiro atoms. The summed E-state index contributed by atoms with van der Waals surface area (Å²) in [6.45, 7) is 9.84. The van der Waals surface area contributed by atoms with E-state index in [0.717, 1.165) is 16.6 Å². The maximum absolute atomic E-state index is 12.7. The molecule has 0 N–H and O–H groups in total. The number of ether oxygens (including phenoxy) is 1. The van der Waals surface area contributed by atoms with Gasteiger partial charge >= 0.3 is 6.18 Å². The third-order valence-corrected chi connectivity index (χ3v) is 4.49. The molecule has 27 heavy (non-hydrogen) atoms. The minimum atomic E-state index is -4.38. The molecule has 0 amide bonds. The molecule has 0 aliphatic rings. The van der Waals surface area contributed by atoms with Gasteiger partial charge < -0.3 is 9.16 Å². The molecule has 0 radical (unpaired) electrons. The highest BCUT2D eigenvalue weighted by Gasteiger charge is 2.30. The van der Waals surface area contributed by atoms with Crippen LogP contribution in [-0.4, -0.2) is 14.5 Å². The second-order valence-corrected chi connectivity index (χ2v) is 12.0. The summed E-state index contributed by atoms with van der Waals surface area (Å²) in [6.07, 6.45) is -2.84. The first kappa shape index (κ1) is 21.2. The van der Waals surface area contributed by atoms with Crippen LogP contribution < -0.4 is 4.74 Å². The summed E-state index contributed by atoms with van der Waals surface area (Å²) < 4.78 is 50.2. The maximum Gasteiger partial charge on any atom is 0.416 e. The van der Waals surface area contributed by atoms with Crippen LogP contribution in [-0.2, 0) is 10.6 Å². The Labute approximate surface area is 165 Å². The Morgan fingerprint density at radius 1 is 1.11 bits per heavy atom. The van der Waals surface area contributed by atoms with Crippen LogP contribution in [0.15, 0.2) is 64.4 Å². The van der Waals surface area contributed by atoms with Gasteiger partial charge in [0.25, 0.3) is 0 Å². The number of rotatable bonds is 6. The predicted molar refractivity (Wildman–Crippen MR) is 107 cm³/mol. The van der Waals surface area contributed by atoms with Crippen LogP contribution in [0.5, 0.6) is 11.5 Å². The fraction of sp³-hybridized carbons (Fsp3) is 0.211. The van der Waals surface area contributed by atoms with Crippen LogP contribution in [0.4, 0.5) is 13.2 Å². The lowest BCUT2D eigenvalue weighted by molar-refractivity contribution is -0.137. The topological polar surface area (TPSA) is 30.8 Å². The van der Waals surface area contributed by atoms with Gasteiger partial charge in [-0.05, 0) is 68.7 Å². The van der Waals surface area contributed by atoms with E-state index in [9.17, 15) is 13.2 Å². The van der Waals surface area contributed by atoms with E-state index < -0.39 is 20.1 Å². The monoisotopic (exact) mass is 457 g/mol. The quantitative estimate of drug-likeness (QED) is 0.265. The molecule has 0 fully saturated rings. The van der Waals surface area contributed by atoms with Crippen LogP contribution in [0.3, 0.4) is 0 Å². The summed E-state index contributed by atoms with van der Waals surface area (Å²) in [6, 6.07) is 9.76. The lowest BCUT2D eigenvalue weighted by atomic mass is 10.2. The molecule has 2 rings (SSSR count). The van der Waals surface area contributed by atoms with Crippen molar-refractivity contribution in [3.8, 4) is 11.5 Å². The largest absolute Gasteiger partial charge is 0.532 e. The normalized spacial score (nSPS) is 12.3. The van der Waals surface area contributed by atoms with Gasteiger partial charge in [0.2, 0.25) is 8.32 Å². The molecule has 0 atom stereocenters. The number of hydrogen-bond donors (Lipinski definition) is 0. The minimum Gasteiger partial charge on any atom is -0.532 e. The Kier molecular flexibility index (Phi) is 6.53. The van der Waals surface area contributed by atoms with Crippen molar-refractivity contribution < 1.29 is 22.3 Å². The zero-order valence-corrected chi connectivity index (χ0v) is 17.7. The highest BCUT2D eigenvalue weighted by atomic mass is 79.9. The van der Waals surface area contributed by atoms with Crippen LogP contribution in [0.25, 0.3) is 0 Å². The number of alkyl halides is 3. The summed E-state index contributed by atoms with van der Waals surface area (Å²) >= 11 is 3.38. The second-order valence-electron chi connectivity index (χ2n) is 6.67. The highest BCUT2D eigenvalue weighted by molar-refractivity contribution is 9.10. The lowest BCUT2D eigenvalue weighted by Crippen LogP contribution is -2.24. The Morgan fingerprint density at radius 3 is 2.30 bits per heavy atom. The SMILES string of the molecule is C=C(N=Cc1cc(Br)ccc1Oc1ccc(C(F)(F)F)cc1)O[Si](C)(C)C. The highest BCUT2D eigenvalue weighted by Crippen LogP contribution is 2.32. The second kappa shape index (κ2) is 8.31. The fourth-order valence-electron chi connectivity index (χ4n) is 2.07. The number of halogens is 4. The van der Waals surface area contributed by atoms with Gasteiger partial charge in [0.05, 0.1) is 5.56 Å². The van der Waals surface area contributed by atoms with Crippen molar-refractivity contribution >= 4 is 30.5 Å². The number of nitrogens with zero attached hydrogens (tertiary/aromatic N) is 1. The average molecular weight is 458 g/mol. The molecule has 0 aromatic heterocycles. The first-order valence-corrected chi connectivity index (χ1v) is 12.2. The molecule has 144 valence electrons. The molecule has 0 unspecified atom stereocenters. The van der Waals surface area contributed by atoms with Crippen LogP contribution in [0, 0.1) is 0 Å². The third kappa shape index (κ3) is 6.87. The Hall–Kier alpha value is -2.06. The first-order valence-electron chi connectivity index (χ1n) is 8.01. The molecular formula is C19H19BrF3NO2Si. The van der Waals surface area contributed by atoms with Crippen molar-refractivity contribution in [3.05, 3.63) is 70.5 Å². The van der Waals surface area contributed by atoms with Crippen molar-refractivity contribution in [1.29, 1.82) is 0 Å². The molecule has 8 heteroatoms. The van der Waals surface area contributed by atoms with Crippen molar-refractivity contribution in [1.82, 2.24) is 0 Å².